The summed E-state index contributed by atoms with van der Waals surface area (Å²) < 4.78 is 13.5. The van der Waals surface area contributed by atoms with Gasteiger partial charge in [-0.3, -0.25) is 4.99 Å². The van der Waals surface area contributed by atoms with Crippen molar-refractivity contribution in [1.82, 2.24) is 39.9 Å². The van der Waals surface area contributed by atoms with E-state index in [1.807, 2.05) is 73.5 Å². The fraction of sp³-hybridized carbons (Fsp3) is 0.156. The molecule has 0 atom stereocenters. The standard InChI is InChI=1S/3C4H5N.C4H4O.2C3H4N2.2C3H3NO.4CH4/c4*1-2-4-5-3-1;4*1-2-5-3-4-1;;;;/h1,3-4H,2H2;2*1-5H;1-4H;2*1-3H,(H,4,5);2*1-3H;4*1H4. The first-order valence-electron chi connectivity index (χ1n) is 11.8. The maximum atomic E-state index is 4.58. The molecule has 7 aromatic rings. The lowest BCUT2D eigenvalue weighted by molar-refractivity contribution is 0.557. The van der Waals surface area contributed by atoms with Crippen molar-refractivity contribution in [1.29, 1.82) is 0 Å². The second kappa shape index (κ2) is 41.6. The van der Waals surface area contributed by atoms with Crippen LogP contribution in [0.2, 0.25) is 0 Å². The molecule has 44 heavy (non-hydrogen) atoms. The Balaban J connectivity index is -0.000000205. The normalized spacial score (nSPS) is 8.36. The zero-order chi connectivity index (χ0) is 28.3. The number of hydrogen-bond donors (Lipinski definition) is 4. The van der Waals surface area contributed by atoms with Crippen molar-refractivity contribution in [2.75, 3.05) is 0 Å². The van der Waals surface area contributed by atoms with E-state index in [1.54, 1.807) is 68.6 Å². The van der Waals surface area contributed by atoms with E-state index in [-0.39, 0.29) is 29.7 Å². The van der Waals surface area contributed by atoms with Crippen LogP contribution in [0.15, 0.2) is 179 Å². The number of nitrogens with one attached hydrogen (secondary N) is 4. The molecule has 0 unspecified atom stereocenters. The molecule has 0 saturated heterocycles. The fourth-order valence-electron chi connectivity index (χ4n) is 1.87. The number of hydrogen-bond acceptors (Lipinski definition) is 8. The number of aliphatic imine (C=N–C) groups is 1. The minimum absolute atomic E-state index is 0. The van der Waals surface area contributed by atoms with Gasteiger partial charge in [0, 0.05) is 68.4 Å². The van der Waals surface area contributed by atoms with Crippen molar-refractivity contribution in [3.63, 3.8) is 0 Å². The molecule has 0 bridgehead atoms. The van der Waals surface area contributed by atoms with Gasteiger partial charge in [-0.05, 0) is 36.4 Å². The molecule has 0 saturated carbocycles. The maximum absolute atomic E-state index is 4.58. The first-order valence-corrected chi connectivity index (χ1v) is 11.8. The average Bonchev–Trinajstić information content (AvgIpc) is 3.95. The van der Waals surface area contributed by atoms with Crippen LogP contribution in [0.25, 0.3) is 0 Å². The molecule has 1 aliphatic rings. The summed E-state index contributed by atoms with van der Waals surface area (Å²) >= 11 is 0. The highest BCUT2D eigenvalue weighted by Gasteiger charge is 1.73. The van der Waals surface area contributed by atoms with Crippen LogP contribution in [-0.2, 0) is 0 Å². The van der Waals surface area contributed by atoms with E-state index in [2.05, 4.69) is 58.1 Å². The fourth-order valence-corrected chi connectivity index (χ4v) is 1.87. The molecule has 8 rings (SSSR count). The van der Waals surface area contributed by atoms with Crippen molar-refractivity contribution in [3.05, 3.63) is 161 Å². The van der Waals surface area contributed by atoms with Gasteiger partial charge in [0.25, 0.3) is 0 Å². The van der Waals surface area contributed by atoms with Crippen molar-refractivity contribution in [2.24, 2.45) is 4.99 Å². The van der Waals surface area contributed by atoms with Gasteiger partial charge >= 0.3 is 0 Å². The summed E-state index contributed by atoms with van der Waals surface area (Å²) in [5.74, 6) is 0. The van der Waals surface area contributed by atoms with Gasteiger partial charge in [0.15, 0.2) is 12.8 Å². The zero-order valence-corrected chi connectivity index (χ0v) is 21.8. The molecule has 0 aliphatic carbocycles. The minimum Gasteiger partial charge on any atom is -0.473 e. The second-order valence-corrected chi connectivity index (χ2v) is 6.39. The lowest BCUT2D eigenvalue weighted by atomic mass is 10.5. The zero-order valence-electron chi connectivity index (χ0n) is 21.8. The average molecular weight is 608 g/mol. The lowest BCUT2D eigenvalue weighted by Crippen LogP contribution is -1.51. The molecule has 8 heterocycles. The van der Waals surface area contributed by atoms with Gasteiger partial charge in [-0.25, -0.2) is 19.9 Å². The maximum Gasteiger partial charge on any atom is 0.180 e. The van der Waals surface area contributed by atoms with E-state index in [0.29, 0.717) is 0 Å². The Bertz CT molecular complexity index is 860. The topological polar surface area (TPSA) is 166 Å². The van der Waals surface area contributed by atoms with Gasteiger partial charge < -0.3 is 33.2 Å². The summed E-state index contributed by atoms with van der Waals surface area (Å²) in [6.45, 7) is 0. The monoisotopic (exact) mass is 607 g/mol. The van der Waals surface area contributed by atoms with Crippen LogP contribution in [0.5, 0.6) is 0 Å². The Kier molecular flexibility index (Phi) is 42.6. The Morgan fingerprint density at radius 1 is 0.455 bits per heavy atom. The Labute approximate surface area is 261 Å². The van der Waals surface area contributed by atoms with Crippen LogP contribution >= 0.6 is 0 Å². The van der Waals surface area contributed by atoms with Gasteiger partial charge in [-0.15, -0.1) is 0 Å². The molecule has 7 aromatic heterocycles. The van der Waals surface area contributed by atoms with E-state index >= 15 is 0 Å². The van der Waals surface area contributed by atoms with Crippen LogP contribution in [0.1, 0.15) is 36.1 Å². The highest BCUT2D eigenvalue weighted by Crippen LogP contribution is 1.86. The van der Waals surface area contributed by atoms with Gasteiger partial charge in [-0.1, -0.05) is 35.8 Å². The molecule has 0 radical (unpaired) electrons. The molecular weight excluding hydrogens is 558 g/mol. The molecule has 1 aliphatic heterocycles. The van der Waals surface area contributed by atoms with E-state index < -0.39 is 0 Å². The molecule has 12 heteroatoms. The smallest absolute Gasteiger partial charge is 0.180 e. The number of H-pyrrole nitrogens is 4. The first kappa shape index (κ1) is 45.1. The SMILES string of the molecule is C.C.C.C.C1=CN=CC1.c1c[nH]cn1.c1c[nH]cn1.c1cc[nH]c1.c1cc[nH]c1.c1ccoc1.c1cocn1.c1cocn1. The Hall–Kier alpha value is -5.91. The third kappa shape index (κ3) is 38.2. The molecule has 12 nitrogen and oxygen atoms in total. The summed E-state index contributed by atoms with van der Waals surface area (Å²) in [6, 6.07) is 11.4. The number of imidazole rings is 2. The summed E-state index contributed by atoms with van der Waals surface area (Å²) in [5.41, 5.74) is 0. The highest BCUT2D eigenvalue weighted by atomic mass is 16.3. The molecule has 240 valence electrons. The van der Waals surface area contributed by atoms with E-state index in [1.165, 1.54) is 25.3 Å². The summed E-state index contributed by atoms with van der Waals surface area (Å²) in [6.07, 6.45) is 36.6. The number of furan rings is 1. The van der Waals surface area contributed by atoms with E-state index in [0.717, 1.165) is 6.42 Å². The number of aromatic nitrogens is 8. The van der Waals surface area contributed by atoms with Gasteiger partial charge in [0.05, 0.1) is 37.6 Å². The van der Waals surface area contributed by atoms with Gasteiger partial charge in [0.2, 0.25) is 0 Å². The van der Waals surface area contributed by atoms with Crippen molar-refractivity contribution in [3.8, 4) is 0 Å². The molecule has 0 amide bonds. The molecule has 4 N–H and O–H groups in total. The quantitative estimate of drug-likeness (QED) is 0.133. The summed E-state index contributed by atoms with van der Waals surface area (Å²) in [5, 5.41) is 0. The molecule has 0 fully saturated rings. The van der Waals surface area contributed by atoms with Crippen LogP contribution in [0.4, 0.5) is 0 Å². The highest BCUT2D eigenvalue weighted by molar-refractivity contribution is 5.62. The largest absolute Gasteiger partial charge is 0.473 e. The summed E-state index contributed by atoms with van der Waals surface area (Å²) in [7, 11) is 0. The number of aromatic amines is 4. The number of rotatable bonds is 0. The number of nitrogens with zero attached hydrogens (tertiary/aromatic N) is 5. The Morgan fingerprint density at radius 2 is 0.932 bits per heavy atom. The third-order valence-corrected chi connectivity index (χ3v) is 3.46. The summed E-state index contributed by atoms with van der Waals surface area (Å²) in [4.78, 5) is 29.4. The molecule has 0 spiro atoms. The lowest BCUT2D eigenvalue weighted by Gasteiger charge is -1.54. The van der Waals surface area contributed by atoms with E-state index in [9.17, 15) is 0 Å². The van der Waals surface area contributed by atoms with Crippen molar-refractivity contribution >= 4 is 6.21 Å². The van der Waals surface area contributed by atoms with Gasteiger partial charge in [-0.2, -0.15) is 0 Å². The van der Waals surface area contributed by atoms with Gasteiger partial charge in [0.1, 0.15) is 12.5 Å². The van der Waals surface area contributed by atoms with E-state index in [4.69, 9.17) is 0 Å². The van der Waals surface area contributed by atoms with Crippen LogP contribution in [-0.4, -0.2) is 46.1 Å². The molecule has 0 aromatic carbocycles. The predicted octanol–water partition coefficient (Wildman–Crippen LogP) is 9.00. The Morgan fingerprint density at radius 3 is 1.05 bits per heavy atom. The molecular formula is C32H49N9O3. The number of oxazole rings is 2. The predicted molar refractivity (Wildman–Crippen MR) is 180 cm³/mol. The van der Waals surface area contributed by atoms with Crippen molar-refractivity contribution < 1.29 is 13.3 Å². The van der Waals surface area contributed by atoms with Crippen LogP contribution in [0, 0.1) is 0 Å². The first-order chi connectivity index (χ1) is 20.0. The van der Waals surface area contributed by atoms with Crippen molar-refractivity contribution in [2.45, 2.75) is 36.1 Å². The number of allylic oxidation sites excluding steroid dienone is 1. The second-order valence-electron chi connectivity index (χ2n) is 6.39. The third-order valence-electron chi connectivity index (χ3n) is 3.46. The van der Waals surface area contributed by atoms with Crippen LogP contribution in [0.3, 0.4) is 0 Å². The minimum atomic E-state index is 0. The van der Waals surface area contributed by atoms with Crippen LogP contribution < -0.4 is 0 Å².